The van der Waals surface area contributed by atoms with Crippen LogP contribution in [0, 0.1) is 5.92 Å². The predicted molar refractivity (Wildman–Crippen MR) is 105 cm³/mol. The van der Waals surface area contributed by atoms with Gasteiger partial charge in [-0.05, 0) is 18.8 Å². The van der Waals surface area contributed by atoms with Gasteiger partial charge in [0.15, 0.2) is 0 Å². The lowest BCUT2D eigenvalue weighted by Gasteiger charge is -2.18. The van der Waals surface area contributed by atoms with Gasteiger partial charge in [0.05, 0.1) is 6.10 Å². The van der Waals surface area contributed by atoms with Crippen molar-refractivity contribution in [2.45, 2.75) is 136 Å². The average molecular weight is 327 g/mol. The summed E-state index contributed by atoms with van der Waals surface area (Å²) < 4.78 is 0. The summed E-state index contributed by atoms with van der Waals surface area (Å²) in [5, 5.41) is 10.1. The van der Waals surface area contributed by atoms with Gasteiger partial charge < -0.3 is 5.11 Å². The summed E-state index contributed by atoms with van der Waals surface area (Å²) in [5.41, 5.74) is 0. The van der Waals surface area contributed by atoms with Crippen molar-refractivity contribution in [3.8, 4) is 0 Å². The zero-order chi connectivity index (χ0) is 17.2. The van der Waals surface area contributed by atoms with Gasteiger partial charge in [-0.2, -0.15) is 0 Å². The molecule has 0 aliphatic rings. The molecule has 0 spiro atoms. The van der Waals surface area contributed by atoms with Crippen LogP contribution in [0.3, 0.4) is 0 Å². The molecule has 0 bridgehead atoms. The van der Waals surface area contributed by atoms with Crippen LogP contribution in [0.1, 0.15) is 130 Å². The third-order valence-electron chi connectivity index (χ3n) is 5.27. The monoisotopic (exact) mass is 326 g/mol. The highest BCUT2D eigenvalue weighted by Crippen LogP contribution is 2.19. The van der Waals surface area contributed by atoms with E-state index in [0.29, 0.717) is 5.92 Å². The molecule has 0 saturated heterocycles. The Morgan fingerprint density at radius 2 is 0.870 bits per heavy atom. The van der Waals surface area contributed by atoms with Crippen molar-refractivity contribution in [1.29, 1.82) is 0 Å². The Morgan fingerprint density at radius 1 is 0.522 bits per heavy atom. The Bertz CT molecular complexity index is 214. The molecule has 2 atom stereocenters. The fourth-order valence-corrected chi connectivity index (χ4v) is 3.39. The maximum absolute atomic E-state index is 10.1. The summed E-state index contributed by atoms with van der Waals surface area (Å²) in [7, 11) is 0. The van der Waals surface area contributed by atoms with E-state index in [1.54, 1.807) is 0 Å². The minimum atomic E-state index is -0.0609. The summed E-state index contributed by atoms with van der Waals surface area (Å²) in [6.07, 6.45) is 22.8. The molecule has 1 N–H and O–H groups in total. The van der Waals surface area contributed by atoms with Gasteiger partial charge >= 0.3 is 0 Å². The van der Waals surface area contributed by atoms with Gasteiger partial charge in [0.25, 0.3) is 0 Å². The van der Waals surface area contributed by atoms with Crippen molar-refractivity contribution in [2.24, 2.45) is 5.92 Å². The number of unbranched alkanes of at least 4 members (excludes halogenated alkanes) is 13. The number of rotatable bonds is 18. The molecule has 23 heavy (non-hydrogen) atoms. The van der Waals surface area contributed by atoms with E-state index in [-0.39, 0.29) is 6.10 Å². The topological polar surface area (TPSA) is 20.2 Å². The number of aliphatic hydroxyl groups excluding tert-OH is 1. The van der Waals surface area contributed by atoms with Crippen LogP contribution < -0.4 is 0 Å². The summed E-state index contributed by atoms with van der Waals surface area (Å²) in [6, 6.07) is 0. The van der Waals surface area contributed by atoms with Gasteiger partial charge in [-0.1, -0.05) is 117 Å². The normalized spacial score (nSPS) is 14.1. The number of hydrogen-bond acceptors (Lipinski definition) is 1. The molecule has 0 heterocycles. The van der Waals surface area contributed by atoms with Gasteiger partial charge in [-0.15, -0.1) is 0 Å². The second kappa shape index (κ2) is 18.3. The Hall–Kier alpha value is -0.0400. The molecule has 2 unspecified atom stereocenters. The van der Waals surface area contributed by atoms with Crippen LogP contribution >= 0.6 is 0 Å². The first-order valence-electron chi connectivity index (χ1n) is 10.9. The smallest absolute Gasteiger partial charge is 0.0565 e. The van der Waals surface area contributed by atoms with Gasteiger partial charge in [0.1, 0.15) is 0 Å². The first kappa shape index (κ1) is 23.0. The van der Waals surface area contributed by atoms with E-state index in [9.17, 15) is 5.11 Å². The van der Waals surface area contributed by atoms with Crippen LogP contribution in [0.2, 0.25) is 0 Å². The molecule has 0 aliphatic carbocycles. The van der Waals surface area contributed by atoms with Crippen molar-refractivity contribution < 1.29 is 5.11 Å². The van der Waals surface area contributed by atoms with E-state index in [1.807, 2.05) is 0 Å². The molecule has 1 nitrogen and oxygen atoms in total. The molecule has 0 rings (SSSR count). The molecule has 0 fully saturated rings. The maximum Gasteiger partial charge on any atom is 0.0565 e. The number of aliphatic hydroxyl groups is 1. The van der Waals surface area contributed by atoms with E-state index in [4.69, 9.17) is 0 Å². The fraction of sp³-hybridized carbons (Fsp3) is 1.00. The SMILES string of the molecule is CCCCCCCCCCCCCCC(C)C(O)CCCCC. The van der Waals surface area contributed by atoms with Crippen LogP contribution in [0.25, 0.3) is 0 Å². The fourth-order valence-electron chi connectivity index (χ4n) is 3.39. The van der Waals surface area contributed by atoms with Crippen LogP contribution in [0.4, 0.5) is 0 Å². The standard InChI is InChI=1S/C22H46O/c1-4-6-8-9-10-11-12-13-14-15-16-18-19-21(3)22(23)20-17-7-5-2/h21-23H,4-20H2,1-3H3. The van der Waals surface area contributed by atoms with Crippen LogP contribution in [0.5, 0.6) is 0 Å². The minimum absolute atomic E-state index is 0.0609. The van der Waals surface area contributed by atoms with Gasteiger partial charge in [-0.25, -0.2) is 0 Å². The quantitative estimate of drug-likeness (QED) is 0.256. The zero-order valence-corrected chi connectivity index (χ0v) is 16.6. The second-order valence-corrected chi connectivity index (χ2v) is 7.72. The zero-order valence-electron chi connectivity index (χ0n) is 16.6. The van der Waals surface area contributed by atoms with Crippen molar-refractivity contribution in [2.75, 3.05) is 0 Å². The van der Waals surface area contributed by atoms with E-state index in [1.165, 1.54) is 103 Å². The lowest BCUT2D eigenvalue weighted by molar-refractivity contribution is 0.0986. The Kier molecular flexibility index (Phi) is 18.3. The number of hydrogen-bond donors (Lipinski definition) is 1. The van der Waals surface area contributed by atoms with Crippen molar-refractivity contribution in [3.63, 3.8) is 0 Å². The molecule has 0 saturated carbocycles. The molecule has 0 aromatic heterocycles. The molecule has 1 heteroatoms. The molecular weight excluding hydrogens is 280 g/mol. The molecular formula is C22H46O. The lowest BCUT2D eigenvalue weighted by atomic mass is 9.93. The highest BCUT2D eigenvalue weighted by Gasteiger charge is 2.12. The molecule has 140 valence electrons. The van der Waals surface area contributed by atoms with E-state index in [2.05, 4.69) is 20.8 Å². The minimum Gasteiger partial charge on any atom is -0.393 e. The average Bonchev–Trinajstić information content (AvgIpc) is 2.55. The second-order valence-electron chi connectivity index (χ2n) is 7.72. The first-order chi connectivity index (χ1) is 11.2. The maximum atomic E-state index is 10.1. The third-order valence-corrected chi connectivity index (χ3v) is 5.27. The predicted octanol–water partition coefficient (Wildman–Crippen LogP) is 7.65. The van der Waals surface area contributed by atoms with Gasteiger partial charge in [0.2, 0.25) is 0 Å². The summed E-state index contributed by atoms with van der Waals surface area (Å²) in [6.45, 7) is 6.74. The van der Waals surface area contributed by atoms with Crippen LogP contribution in [0.15, 0.2) is 0 Å². The van der Waals surface area contributed by atoms with E-state index >= 15 is 0 Å². The lowest BCUT2D eigenvalue weighted by Crippen LogP contribution is -2.17. The van der Waals surface area contributed by atoms with Crippen LogP contribution in [-0.4, -0.2) is 11.2 Å². The Balaban J connectivity index is 3.22. The molecule has 0 amide bonds. The van der Waals surface area contributed by atoms with Crippen molar-refractivity contribution >= 4 is 0 Å². The summed E-state index contributed by atoms with van der Waals surface area (Å²) >= 11 is 0. The van der Waals surface area contributed by atoms with Crippen molar-refractivity contribution in [3.05, 3.63) is 0 Å². The highest BCUT2D eigenvalue weighted by atomic mass is 16.3. The molecule has 0 aliphatic heterocycles. The largest absolute Gasteiger partial charge is 0.393 e. The summed E-state index contributed by atoms with van der Waals surface area (Å²) in [5.74, 6) is 0.495. The molecule has 0 radical (unpaired) electrons. The van der Waals surface area contributed by atoms with Crippen LogP contribution in [-0.2, 0) is 0 Å². The molecule has 0 aromatic carbocycles. The molecule has 0 aromatic rings. The first-order valence-corrected chi connectivity index (χ1v) is 10.9. The summed E-state index contributed by atoms with van der Waals surface area (Å²) in [4.78, 5) is 0. The van der Waals surface area contributed by atoms with Crippen molar-refractivity contribution in [1.82, 2.24) is 0 Å². The Morgan fingerprint density at radius 3 is 1.35 bits per heavy atom. The van der Waals surface area contributed by atoms with Gasteiger partial charge in [-0.3, -0.25) is 0 Å². The highest BCUT2D eigenvalue weighted by molar-refractivity contribution is 4.65. The van der Waals surface area contributed by atoms with Gasteiger partial charge in [0, 0.05) is 0 Å². The third kappa shape index (κ3) is 16.6. The van der Waals surface area contributed by atoms with E-state index in [0.717, 1.165) is 6.42 Å². The van der Waals surface area contributed by atoms with E-state index < -0.39 is 0 Å². The Labute approximate surface area is 147 Å².